The predicted octanol–water partition coefficient (Wildman–Crippen LogP) is 2.58. The van der Waals surface area contributed by atoms with Gasteiger partial charge in [0.1, 0.15) is 0 Å². The second-order valence-electron chi connectivity index (χ2n) is 6.11. The van der Waals surface area contributed by atoms with Gasteiger partial charge in [0.25, 0.3) is 0 Å². The molecule has 4 nitrogen and oxygen atoms in total. The number of rotatable bonds is 4. The van der Waals surface area contributed by atoms with E-state index in [2.05, 4.69) is 40.5 Å². The van der Waals surface area contributed by atoms with E-state index in [4.69, 9.17) is 4.74 Å². The molecule has 0 N–H and O–H groups in total. The SMILES string of the molecule is c1cc(C2COC2)cc(-n2cc(CN3CCCC3)cn2)c1. The maximum Gasteiger partial charge on any atom is 0.0648 e. The normalized spacial score (nSPS) is 19.8. The largest absolute Gasteiger partial charge is 0.380 e. The third-order valence-corrected chi connectivity index (χ3v) is 4.49. The topological polar surface area (TPSA) is 30.3 Å². The van der Waals surface area contributed by atoms with Crippen LogP contribution in [0.3, 0.4) is 0 Å². The number of hydrogen-bond donors (Lipinski definition) is 0. The maximum atomic E-state index is 5.29. The summed E-state index contributed by atoms with van der Waals surface area (Å²) in [7, 11) is 0. The first-order valence-electron chi connectivity index (χ1n) is 7.82. The summed E-state index contributed by atoms with van der Waals surface area (Å²) >= 11 is 0. The Labute approximate surface area is 125 Å². The van der Waals surface area contributed by atoms with Crippen molar-refractivity contribution in [1.82, 2.24) is 14.7 Å². The molecule has 1 aromatic carbocycles. The lowest BCUT2D eigenvalue weighted by Crippen LogP contribution is -2.25. The summed E-state index contributed by atoms with van der Waals surface area (Å²) in [5.74, 6) is 0.560. The minimum Gasteiger partial charge on any atom is -0.380 e. The molecule has 110 valence electrons. The minimum atomic E-state index is 0.560. The third kappa shape index (κ3) is 2.74. The number of aromatic nitrogens is 2. The van der Waals surface area contributed by atoms with Crippen molar-refractivity contribution in [2.24, 2.45) is 0 Å². The van der Waals surface area contributed by atoms with Crippen LogP contribution in [0.2, 0.25) is 0 Å². The molecule has 0 saturated carbocycles. The van der Waals surface area contributed by atoms with E-state index in [1.807, 2.05) is 10.9 Å². The molecule has 0 amide bonds. The summed E-state index contributed by atoms with van der Waals surface area (Å²) < 4.78 is 7.28. The van der Waals surface area contributed by atoms with Crippen LogP contribution in [0.1, 0.15) is 29.9 Å². The van der Waals surface area contributed by atoms with Crippen molar-refractivity contribution in [3.63, 3.8) is 0 Å². The summed E-state index contributed by atoms with van der Waals surface area (Å²) in [6.45, 7) is 5.17. The fourth-order valence-electron chi connectivity index (χ4n) is 3.13. The summed E-state index contributed by atoms with van der Waals surface area (Å²) in [4.78, 5) is 2.50. The van der Waals surface area contributed by atoms with Gasteiger partial charge < -0.3 is 4.74 Å². The van der Waals surface area contributed by atoms with Gasteiger partial charge in [-0.15, -0.1) is 0 Å². The van der Waals surface area contributed by atoms with Crippen LogP contribution >= 0.6 is 0 Å². The highest BCUT2D eigenvalue weighted by atomic mass is 16.5. The monoisotopic (exact) mass is 283 g/mol. The van der Waals surface area contributed by atoms with E-state index in [1.54, 1.807) is 0 Å². The van der Waals surface area contributed by atoms with Gasteiger partial charge in [0.05, 0.1) is 25.1 Å². The Bertz CT molecular complexity index is 612. The standard InChI is InChI=1S/C17H21N3O/c1-2-7-19(6-1)10-14-9-18-20(11-14)17-5-3-4-15(8-17)16-12-21-13-16/h3-5,8-9,11,16H,1-2,6-7,10,12-13H2. The van der Waals surface area contributed by atoms with Gasteiger partial charge in [-0.2, -0.15) is 5.10 Å². The predicted molar refractivity (Wildman–Crippen MR) is 81.6 cm³/mol. The fourth-order valence-corrected chi connectivity index (χ4v) is 3.13. The van der Waals surface area contributed by atoms with E-state index < -0.39 is 0 Å². The van der Waals surface area contributed by atoms with Gasteiger partial charge in [-0.25, -0.2) is 4.68 Å². The molecule has 0 aliphatic carbocycles. The molecule has 0 radical (unpaired) electrons. The van der Waals surface area contributed by atoms with Crippen molar-refractivity contribution in [3.8, 4) is 5.69 Å². The summed E-state index contributed by atoms with van der Waals surface area (Å²) in [5.41, 5.74) is 3.80. The number of nitrogens with zero attached hydrogens (tertiary/aromatic N) is 3. The minimum absolute atomic E-state index is 0.560. The zero-order valence-electron chi connectivity index (χ0n) is 12.2. The van der Waals surface area contributed by atoms with Crippen molar-refractivity contribution in [2.45, 2.75) is 25.3 Å². The molecule has 4 heteroatoms. The van der Waals surface area contributed by atoms with Crippen LogP contribution in [-0.4, -0.2) is 41.0 Å². The Kier molecular flexibility index (Phi) is 3.49. The number of benzene rings is 1. The number of likely N-dealkylation sites (tertiary alicyclic amines) is 1. The molecule has 2 fully saturated rings. The molecule has 2 saturated heterocycles. The van der Waals surface area contributed by atoms with Gasteiger partial charge in [0, 0.05) is 24.2 Å². The first-order chi connectivity index (χ1) is 10.4. The number of ether oxygens (including phenoxy) is 1. The molecule has 2 aliphatic rings. The van der Waals surface area contributed by atoms with E-state index >= 15 is 0 Å². The Hall–Kier alpha value is -1.65. The van der Waals surface area contributed by atoms with E-state index in [0.29, 0.717) is 5.92 Å². The van der Waals surface area contributed by atoms with Crippen molar-refractivity contribution < 1.29 is 4.74 Å². The van der Waals surface area contributed by atoms with Gasteiger partial charge >= 0.3 is 0 Å². The molecule has 3 heterocycles. The van der Waals surface area contributed by atoms with Gasteiger partial charge in [-0.1, -0.05) is 12.1 Å². The molecule has 2 aromatic rings. The molecule has 0 spiro atoms. The lowest BCUT2D eigenvalue weighted by atomic mass is 9.97. The molecule has 1 aromatic heterocycles. The summed E-state index contributed by atoms with van der Waals surface area (Å²) in [5, 5.41) is 4.53. The molecule has 0 unspecified atom stereocenters. The highest BCUT2D eigenvalue weighted by molar-refractivity contribution is 5.37. The lowest BCUT2D eigenvalue weighted by Gasteiger charge is -2.26. The molecular formula is C17H21N3O. The quantitative estimate of drug-likeness (QED) is 0.864. The van der Waals surface area contributed by atoms with E-state index in [9.17, 15) is 0 Å². The van der Waals surface area contributed by atoms with Crippen LogP contribution in [0.5, 0.6) is 0 Å². The summed E-state index contributed by atoms with van der Waals surface area (Å²) in [6.07, 6.45) is 6.82. The molecule has 0 atom stereocenters. The van der Waals surface area contributed by atoms with E-state index in [-0.39, 0.29) is 0 Å². The second-order valence-corrected chi connectivity index (χ2v) is 6.11. The van der Waals surface area contributed by atoms with Crippen LogP contribution < -0.4 is 0 Å². The molecule has 4 rings (SSSR count). The van der Waals surface area contributed by atoms with E-state index in [1.165, 1.54) is 37.1 Å². The lowest BCUT2D eigenvalue weighted by molar-refractivity contribution is 0.00842. The highest BCUT2D eigenvalue weighted by Gasteiger charge is 2.20. The van der Waals surface area contributed by atoms with Gasteiger partial charge in [0.15, 0.2) is 0 Å². The van der Waals surface area contributed by atoms with Crippen LogP contribution in [0.4, 0.5) is 0 Å². The van der Waals surface area contributed by atoms with E-state index in [0.717, 1.165) is 25.4 Å². The Morgan fingerprint density at radius 3 is 2.81 bits per heavy atom. The van der Waals surface area contributed by atoms with Crippen molar-refractivity contribution in [2.75, 3.05) is 26.3 Å². The van der Waals surface area contributed by atoms with Crippen LogP contribution in [-0.2, 0) is 11.3 Å². The molecular weight excluding hydrogens is 262 g/mol. The first-order valence-corrected chi connectivity index (χ1v) is 7.82. The van der Waals surface area contributed by atoms with Gasteiger partial charge in [-0.3, -0.25) is 4.90 Å². The zero-order chi connectivity index (χ0) is 14.1. The smallest absolute Gasteiger partial charge is 0.0648 e. The average molecular weight is 283 g/mol. The van der Waals surface area contributed by atoms with Gasteiger partial charge in [0.2, 0.25) is 0 Å². The molecule has 0 bridgehead atoms. The van der Waals surface area contributed by atoms with Crippen molar-refractivity contribution in [1.29, 1.82) is 0 Å². The average Bonchev–Trinajstić information content (AvgIpc) is 3.09. The zero-order valence-corrected chi connectivity index (χ0v) is 12.2. The van der Waals surface area contributed by atoms with Crippen LogP contribution in [0.15, 0.2) is 36.7 Å². The molecule has 2 aliphatic heterocycles. The molecule has 21 heavy (non-hydrogen) atoms. The van der Waals surface area contributed by atoms with Gasteiger partial charge in [-0.05, 0) is 43.6 Å². The van der Waals surface area contributed by atoms with Crippen molar-refractivity contribution >= 4 is 0 Å². The second kappa shape index (κ2) is 5.62. The van der Waals surface area contributed by atoms with Crippen LogP contribution in [0, 0.1) is 0 Å². The van der Waals surface area contributed by atoms with Crippen LogP contribution in [0.25, 0.3) is 5.69 Å². The fraction of sp³-hybridized carbons (Fsp3) is 0.471. The Morgan fingerprint density at radius 1 is 1.19 bits per heavy atom. The highest BCUT2D eigenvalue weighted by Crippen LogP contribution is 2.25. The first kappa shape index (κ1) is 13.0. The summed E-state index contributed by atoms with van der Waals surface area (Å²) in [6, 6.07) is 8.66. The number of hydrogen-bond acceptors (Lipinski definition) is 3. The Morgan fingerprint density at radius 2 is 2.05 bits per heavy atom. The maximum absolute atomic E-state index is 5.29. The Balaban J connectivity index is 1.51. The third-order valence-electron chi connectivity index (χ3n) is 4.49. The van der Waals surface area contributed by atoms with Crippen molar-refractivity contribution in [3.05, 3.63) is 47.8 Å².